The van der Waals surface area contributed by atoms with E-state index >= 15 is 0 Å². The van der Waals surface area contributed by atoms with Crippen molar-refractivity contribution < 1.29 is 4.79 Å². The minimum Gasteiger partial charge on any atom is -0.295 e. The lowest BCUT2D eigenvalue weighted by molar-refractivity contribution is -0.118. The summed E-state index contributed by atoms with van der Waals surface area (Å²) in [5.41, 5.74) is 2.46. The first-order valence-corrected chi connectivity index (χ1v) is 14.1. The van der Waals surface area contributed by atoms with Crippen LogP contribution in [-0.2, 0) is 4.79 Å². The van der Waals surface area contributed by atoms with Gasteiger partial charge in [0.2, 0.25) is 0 Å². The average molecular weight is 427 g/mol. The molecule has 0 bridgehead atoms. The lowest BCUT2D eigenvalue weighted by atomic mass is 9.44. The Labute approximate surface area is 193 Å². The molecule has 4 aliphatic rings. The summed E-state index contributed by atoms with van der Waals surface area (Å²) in [5, 5.41) is 0. The number of hydrogen-bond donors (Lipinski definition) is 0. The molecule has 0 aromatic rings. The van der Waals surface area contributed by atoms with Gasteiger partial charge in [-0.25, -0.2) is 0 Å². The van der Waals surface area contributed by atoms with E-state index in [1.807, 2.05) is 0 Å². The lowest BCUT2D eigenvalue weighted by Gasteiger charge is -2.60. The Balaban J connectivity index is 1.45. The summed E-state index contributed by atoms with van der Waals surface area (Å²) < 4.78 is 0. The molecule has 31 heavy (non-hydrogen) atoms. The maximum Gasteiger partial charge on any atom is 0.155 e. The second-order valence-corrected chi connectivity index (χ2v) is 12.6. The van der Waals surface area contributed by atoms with Crippen molar-refractivity contribution in [2.75, 3.05) is 0 Å². The minimum atomic E-state index is 0.321. The van der Waals surface area contributed by atoms with Gasteiger partial charge in [-0.05, 0) is 91.4 Å². The maximum atomic E-state index is 12.3. The van der Waals surface area contributed by atoms with Gasteiger partial charge >= 0.3 is 0 Å². The van der Waals surface area contributed by atoms with Crippen molar-refractivity contribution in [2.24, 2.45) is 40.4 Å². The highest BCUT2D eigenvalue weighted by atomic mass is 16.1. The van der Waals surface area contributed by atoms with E-state index in [1.54, 1.807) is 5.57 Å². The van der Waals surface area contributed by atoms with Crippen LogP contribution in [0.3, 0.4) is 0 Å². The van der Waals surface area contributed by atoms with Gasteiger partial charge in [-0.1, -0.05) is 84.6 Å². The van der Waals surface area contributed by atoms with Crippen molar-refractivity contribution in [1.82, 2.24) is 0 Å². The van der Waals surface area contributed by atoms with Gasteiger partial charge in [-0.15, -0.1) is 0 Å². The van der Waals surface area contributed by atoms with E-state index in [2.05, 4.69) is 33.8 Å². The van der Waals surface area contributed by atoms with Crippen LogP contribution in [0.5, 0.6) is 0 Å². The van der Waals surface area contributed by atoms with Gasteiger partial charge in [0, 0.05) is 6.42 Å². The van der Waals surface area contributed by atoms with E-state index in [0.29, 0.717) is 16.6 Å². The molecule has 176 valence electrons. The van der Waals surface area contributed by atoms with Crippen LogP contribution >= 0.6 is 0 Å². The summed E-state index contributed by atoms with van der Waals surface area (Å²) in [6.07, 6.45) is 23.8. The third-order valence-electron chi connectivity index (χ3n) is 11.0. The quantitative estimate of drug-likeness (QED) is 0.336. The molecule has 1 heteroatoms. The molecular weight excluding hydrogens is 376 g/mol. The highest BCUT2D eigenvalue weighted by Gasteiger charge is 2.60. The van der Waals surface area contributed by atoms with Crippen LogP contribution in [-0.4, -0.2) is 5.78 Å². The number of rotatable bonds is 9. The molecule has 1 nitrogen and oxygen atoms in total. The highest BCUT2D eigenvalue weighted by molar-refractivity contribution is 5.91. The number of hydrogen-bond acceptors (Lipinski definition) is 1. The van der Waals surface area contributed by atoms with E-state index in [0.717, 1.165) is 42.4 Å². The molecule has 4 rings (SSSR count). The third-order valence-corrected chi connectivity index (χ3v) is 11.0. The number of allylic oxidation sites excluding steroid dienone is 1. The van der Waals surface area contributed by atoms with E-state index in [-0.39, 0.29) is 0 Å². The molecule has 0 amide bonds. The minimum absolute atomic E-state index is 0.321. The molecule has 0 aliphatic heterocycles. The first kappa shape index (κ1) is 23.6. The smallest absolute Gasteiger partial charge is 0.155 e. The number of carbonyl (C=O) groups is 1. The molecule has 3 fully saturated rings. The molecule has 0 radical (unpaired) electrons. The summed E-state index contributed by atoms with van der Waals surface area (Å²) >= 11 is 0. The molecule has 0 saturated heterocycles. The zero-order valence-corrected chi connectivity index (χ0v) is 21.2. The fourth-order valence-corrected chi connectivity index (χ4v) is 8.80. The predicted octanol–water partition coefficient (Wildman–Crippen LogP) is 8.91. The predicted molar refractivity (Wildman–Crippen MR) is 132 cm³/mol. The van der Waals surface area contributed by atoms with Crippen LogP contribution in [0.1, 0.15) is 130 Å². The summed E-state index contributed by atoms with van der Waals surface area (Å²) in [7, 11) is 0. The molecule has 0 aromatic carbocycles. The fraction of sp³-hybridized carbons (Fsp3) is 0.900. The summed E-state index contributed by atoms with van der Waals surface area (Å²) in [4.78, 5) is 12.3. The molecular formula is C30H50O. The second kappa shape index (κ2) is 9.72. The van der Waals surface area contributed by atoms with E-state index < -0.39 is 0 Å². The third kappa shape index (κ3) is 4.46. The van der Waals surface area contributed by atoms with E-state index in [1.165, 1.54) is 89.9 Å². The molecule has 7 atom stereocenters. The lowest BCUT2D eigenvalue weighted by Crippen LogP contribution is -2.53. The van der Waals surface area contributed by atoms with Gasteiger partial charge in [-0.2, -0.15) is 0 Å². The monoisotopic (exact) mass is 426 g/mol. The molecule has 0 heterocycles. The average Bonchev–Trinajstić information content (AvgIpc) is 3.05. The van der Waals surface area contributed by atoms with Crippen molar-refractivity contribution in [2.45, 2.75) is 130 Å². The van der Waals surface area contributed by atoms with Crippen LogP contribution in [0.4, 0.5) is 0 Å². The topological polar surface area (TPSA) is 17.1 Å². The molecule has 0 N–H and O–H groups in total. The zero-order valence-electron chi connectivity index (χ0n) is 21.2. The first-order valence-electron chi connectivity index (χ1n) is 14.1. The van der Waals surface area contributed by atoms with Crippen molar-refractivity contribution in [3.63, 3.8) is 0 Å². The van der Waals surface area contributed by atoms with Crippen LogP contribution < -0.4 is 0 Å². The first-order chi connectivity index (χ1) is 14.9. The van der Waals surface area contributed by atoms with E-state index in [9.17, 15) is 4.79 Å². The molecule has 3 saturated carbocycles. The largest absolute Gasteiger partial charge is 0.295 e. The number of fused-ring (bicyclic) bond motifs is 5. The summed E-state index contributed by atoms with van der Waals surface area (Å²) in [5.74, 6) is 4.85. The Hall–Kier alpha value is -0.590. The van der Waals surface area contributed by atoms with Gasteiger partial charge in [-0.3, -0.25) is 4.79 Å². The standard InChI is InChI=1S/C30H50O/c1-5-6-7-8-9-10-11-12-13-23-20-24-21-25(31)16-18-30(24,4)27-17-19-29(3)22(2)14-15-26(29)28(23)27/h21-23,26-28H,5-20H2,1-4H3/t22-,23+,26?,27?,28?,29+,30-/m0/s1. The van der Waals surface area contributed by atoms with Crippen LogP contribution in [0, 0.1) is 40.4 Å². The zero-order chi connectivity index (χ0) is 22.1. The van der Waals surface area contributed by atoms with Gasteiger partial charge in [0.15, 0.2) is 5.78 Å². The van der Waals surface area contributed by atoms with Crippen LogP contribution in [0.15, 0.2) is 11.6 Å². The Kier molecular flexibility index (Phi) is 7.39. The van der Waals surface area contributed by atoms with E-state index in [4.69, 9.17) is 0 Å². The molecule has 0 spiro atoms. The Bertz CT molecular complexity index is 661. The fourth-order valence-electron chi connectivity index (χ4n) is 8.80. The molecule has 0 aromatic heterocycles. The van der Waals surface area contributed by atoms with Crippen molar-refractivity contribution in [3.8, 4) is 0 Å². The van der Waals surface area contributed by atoms with Crippen molar-refractivity contribution >= 4 is 5.78 Å². The Morgan fingerprint density at radius 1 is 0.903 bits per heavy atom. The van der Waals surface area contributed by atoms with Gasteiger partial charge in [0.05, 0.1) is 0 Å². The SMILES string of the molecule is CCCCCCCCCC[C@@H]1CC2=CC(=O)CC[C@]2(C)C2CC[C@@]3(C)C(CC[C@@H]3C)C21. The second-order valence-electron chi connectivity index (χ2n) is 12.6. The van der Waals surface area contributed by atoms with Crippen LogP contribution in [0.25, 0.3) is 0 Å². The van der Waals surface area contributed by atoms with Gasteiger partial charge < -0.3 is 0 Å². The van der Waals surface area contributed by atoms with Crippen molar-refractivity contribution in [3.05, 3.63) is 11.6 Å². The summed E-state index contributed by atoms with van der Waals surface area (Å²) in [6.45, 7) is 10.1. The van der Waals surface area contributed by atoms with Crippen LogP contribution in [0.2, 0.25) is 0 Å². The number of ketones is 1. The molecule has 4 aliphatic carbocycles. The Morgan fingerprint density at radius 3 is 2.35 bits per heavy atom. The maximum absolute atomic E-state index is 12.3. The van der Waals surface area contributed by atoms with Gasteiger partial charge in [0.1, 0.15) is 0 Å². The van der Waals surface area contributed by atoms with Crippen molar-refractivity contribution in [1.29, 1.82) is 0 Å². The highest BCUT2D eigenvalue weighted by Crippen LogP contribution is 2.68. The molecule has 3 unspecified atom stereocenters. The number of unbranched alkanes of at least 4 members (excludes halogenated alkanes) is 7. The Morgan fingerprint density at radius 2 is 1.61 bits per heavy atom. The number of carbonyl (C=O) groups excluding carboxylic acids is 1. The summed E-state index contributed by atoms with van der Waals surface area (Å²) in [6, 6.07) is 0. The normalized spacial score (nSPS) is 42.0. The van der Waals surface area contributed by atoms with Gasteiger partial charge in [0.25, 0.3) is 0 Å².